The fourth-order valence-electron chi connectivity index (χ4n) is 11.7. The first kappa shape index (κ1) is 54.5. The molecule has 5 nitrogen and oxygen atoms in total. The van der Waals surface area contributed by atoms with Crippen LogP contribution in [0.25, 0.3) is 116 Å². The standard InChI is InChI=1S/C76H69N4O.Pt/c1-73(2,3)53-32-29-48(30-33-53)50-31-36-67-64(38-50)62-35-34-58-46-70(62)80(67)71-44-56(76(10,11)12)43-66(77-71)52-24-20-23-51(37-52)60-25-16-17-26-61(60)65-42-55(75(7,8)9)41-63(49-21-14-13-15-22-49)72(65)79-47-78(68-27-18-19-28-69(68)79)57-39-54(74(4,5)6)40-59(45-57)81-58;/h13-44,47H,1-12H3;/q-3;. The van der Waals surface area contributed by atoms with Crippen molar-refractivity contribution in [3.63, 3.8) is 0 Å². The van der Waals surface area contributed by atoms with Crippen molar-refractivity contribution in [1.29, 1.82) is 0 Å². The van der Waals surface area contributed by atoms with E-state index in [2.05, 4.69) is 309 Å². The zero-order valence-electron chi connectivity index (χ0n) is 49.1. The molecule has 412 valence electrons. The molecule has 4 heterocycles. The predicted octanol–water partition coefficient (Wildman–Crippen LogP) is 20.7. The zero-order chi connectivity index (χ0) is 56.3. The Morgan fingerprint density at radius 1 is 0.415 bits per heavy atom. The van der Waals surface area contributed by atoms with Gasteiger partial charge < -0.3 is 18.0 Å². The topological polar surface area (TPSA) is 40.3 Å². The molecular formula is C76H69N4OPt-3. The Hall–Kier alpha value is -8.11. The summed E-state index contributed by atoms with van der Waals surface area (Å²) < 4.78 is 14.1. The Balaban J connectivity index is 0.00000665. The second-order valence-corrected chi connectivity index (χ2v) is 26.3. The summed E-state index contributed by atoms with van der Waals surface area (Å²) in [5, 5.41) is 7.72. The molecule has 0 saturated carbocycles. The Bertz CT molecular complexity index is 4780. The molecule has 0 amide bonds. The number of para-hydroxylation sites is 2. The molecule has 13 rings (SSSR count). The number of hydrogen-bond donors (Lipinski definition) is 0. The van der Waals surface area contributed by atoms with E-state index < -0.39 is 0 Å². The monoisotopic (exact) mass is 1250 g/mol. The number of nitrogens with zero attached hydrogens (tertiary/aromatic N) is 4. The van der Waals surface area contributed by atoms with E-state index in [0.29, 0.717) is 11.2 Å². The Morgan fingerprint density at radius 3 is 1.74 bits per heavy atom. The van der Waals surface area contributed by atoms with Gasteiger partial charge in [0.2, 0.25) is 0 Å². The van der Waals surface area contributed by atoms with Crippen LogP contribution in [-0.2, 0) is 42.7 Å². The van der Waals surface area contributed by atoms with Crippen molar-refractivity contribution in [2.45, 2.75) is 105 Å². The van der Waals surface area contributed by atoms with Crippen molar-refractivity contribution in [2.75, 3.05) is 0 Å². The van der Waals surface area contributed by atoms with E-state index in [9.17, 15) is 0 Å². The summed E-state index contributed by atoms with van der Waals surface area (Å²) in [7, 11) is 0. The fourth-order valence-corrected chi connectivity index (χ4v) is 11.7. The maximum Gasteiger partial charge on any atom is 0.136 e. The number of hydrogen-bond acceptors (Lipinski definition) is 2. The average molecular weight is 1250 g/mol. The molecule has 1 aliphatic rings. The molecule has 6 heteroatoms. The summed E-state index contributed by atoms with van der Waals surface area (Å²) in [5.74, 6) is 0. The van der Waals surface area contributed by atoms with Crippen molar-refractivity contribution in [2.24, 2.45) is 0 Å². The van der Waals surface area contributed by atoms with Crippen LogP contribution in [-0.4, -0.2) is 18.5 Å². The van der Waals surface area contributed by atoms with Crippen molar-refractivity contribution in [3.05, 3.63) is 235 Å². The maximum atomic E-state index is 7.12. The molecule has 12 aromatic rings. The minimum Gasteiger partial charge on any atom is -0.510 e. The van der Waals surface area contributed by atoms with Crippen LogP contribution < -0.4 is 0 Å². The van der Waals surface area contributed by atoms with Gasteiger partial charge in [-0.15, -0.1) is 29.1 Å². The van der Waals surface area contributed by atoms with Gasteiger partial charge in [0.25, 0.3) is 0 Å². The summed E-state index contributed by atoms with van der Waals surface area (Å²) in [6.45, 7) is 27.4. The Kier molecular flexibility index (Phi) is 13.4. The van der Waals surface area contributed by atoms with Gasteiger partial charge in [0.05, 0.1) is 5.52 Å². The molecule has 9 aromatic carbocycles. The predicted molar refractivity (Wildman–Crippen MR) is 343 cm³/mol. The number of imidazole rings is 1. The van der Waals surface area contributed by atoms with Crippen LogP contribution in [0.3, 0.4) is 0 Å². The van der Waals surface area contributed by atoms with Gasteiger partial charge in [-0.05, 0) is 129 Å². The first-order valence-electron chi connectivity index (χ1n) is 28.5. The minimum absolute atomic E-state index is 0. The molecule has 0 fully saturated rings. The molecule has 3 aromatic heterocycles. The molecule has 82 heavy (non-hydrogen) atoms. The number of rotatable bonds is 2. The third-order valence-electron chi connectivity index (χ3n) is 16.4. The molecule has 1 aliphatic heterocycles. The van der Waals surface area contributed by atoms with Gasteiger partial charge in [0.15, 0.2) is 0 Å². The molecule has 0 spiro atoms. The third kappa shape index (κ3) is 9.81. The van der Waals surface area contributed by atoms with Gasteiger partial charge >= 0.3 is 0 Å². The van der Waals surface area contributed by atoms with Gasteiger partial charge in [0, 0.05) is 49.5 Å². The quantitative estimate of drug-likeness (QED) is 0.162. The van der Waals surface area contributed by atoms with Gasteiger partial charge in [0.1, 0.15) is 5.65 Å². The molecule has 0 aliphatic carbocycles. The van der Waals surface area contributed by atoms with Crippen LogP contribution in [0.4, 0.5) is 0 Å². The number of aromatic nitrogens is 4. The van der Waals surface area contributed by atoms with E-state index in [1.807, 2.05) is 0 Å². The van der Waals surface area contributed by atoms with E-state index in [1.165, 1.54) is 22.3 Å². The van der Waals surface area contributed by atoms with E-state index in [0.717, 1.165) is 105 Å². The summed E-state index contributed by atoms with van der Waals surface area (Å²) >= 11 is 0. The average Bonchev–Trinajstić information content (AvgIpc) is 4.18. The number of fused-ring (bicyclic) bond motifs is 23. The van der Waals surface area contributed by atoms with E-state index in [1.54, 1.807) is 0 Å². The van der Waals surface area contributed by atoms with Crippen molar-refractivity contribution >= 4 is 82.1 Å². The first-order chi connectivity index (χ1) is 38.6. The molecule has 0 radical (unpaired) electrons. The van der Waals surface area contributed by atoms with E-state index >= 15 is 0 Å². The largest absolute Gasteiger partial charge is 0.510 e. The summed E-state index contributed by atoms with van der Waals surface area (Å²) in [6, 6.07) is 79.2. The van der Waals surface area contributed by atoms with Gasteiger partial charge in [-0.1, -0.05) is 234 Å². The van der Waals surface area contributed by atoms with Crippen LogP contribution in [0, 0.1) is 12.1 Å². The normalized spacial score (nSPS) is 12.5. The smallest absolute Gasteiger partial charge is 0.136 e. The zero-order valence-corrected chi connectivity index (χ0v) is 51.3. The van der Waals surface area contributed by atoms with Gasteiger partial charge in [-0.25, -0.2) is 4.98 Å². The molecule has 0 atom stereocenters. The van der Waals surface area contributed by atoms with Crippen molar-refractivity contribution in [1.82, 2.24) is 18.5 Å². The minimum atomic E-state index is -0.226. The first-order valence-corrected chi connectivity index (χ1v) is 28.5. The van der Waals surface area contributed by atoms with Crippen molar-refractivity contribution < 1.29 is 25.5 Å². The van der Waals surface area contributed by atoms with Crippen LogP contribution in [0.15, 0.2) is 205 Å². The fraction of sp³-hybridized carbons (Fsp3) is 0.211. The molecule has 10 bridgehead atoms. The molecular weight excluding hydrogens is 1180 g/mol. The summed E-state index contributed by atoms with van der Waals surface area (Å²) in [4.78, 5) is 5.70. The van der Waals surface area contributed by atoms with E-state index in [4.69, 9.17) is 9.40 Å². The third-order valence-corrected chi connectivity index (χ3v) is 16.4. The Labute approximate surface area is 496 Å². The summed E-state index contributed by atoms with van der Waals surface area (Å²) in [5.41, 5.74) is 17.8. The van der Waals surface area contributed by atoms with Gasteiger partial charge in [-0.2, -0.15) is 23.8 Å². The molecule has 0 saturated heterocycles. The van der Waals surface area contributed by atoms with Crippen LogP contribution in [0.5, 0.6) is 0 Å². The molecule has 0 unspecified atom stereocenters. The summed E-state index contributed by atoms with van der Waals surface area (Å²) in [6.07, 6.45) is 2.26. The van der Waals surface area contributed by atoms with Crippen LogP contribution in [0.2, 0.25) is 0 Å². The number of benzene rings is 9. The van der Waals surface area contributed by atoms with Crippen molar-refractivity contribution in [3.8, 4) is 33.6 Å². The molecule has 0 N–H and O–H groups in total. The van der Waals surface area contributed by atoms with E-state index in [-0.39, 0.29) is 42.7 Å². The van der Waals surface area contributed by atoms with Gasteiger partial charge in [-0.3, -0.25) is 0 Å². The SMILES string of the molecule is CC(C)(C)c1ccc(-c2ccc3c(c2)c2ccc4[c-]c2n3c2cc(C(C)(C)C)cc(n2)c2cccc(c2)c2ccccc2c2cc(C(C)(C)C)cc(-c3ccccc3)c2n2[cH-]n(c3[c-]c(cc(C(C)(C)C)c3)o4)-c3ccccc3-2)cc1.[Pt]. The van der Waals surface area contributed by atoms with Crippen LogP contribution >= 0.6 is 0 Å². The number of pyridine rings is 1. The Morgan fingerprint density at radius 2 is 1.04 bits per heavy atom. The van der Waals surface area contributed by atoms with Crippen LogP contribution in [0.1, 0.15) is 105 Å². The maximum absolute atomic E-state index is 7.12. The second-order valence-electron chi connectivity index (χ2n) is 26.3. The second kappa shape index (κ2) is 20.1.